The maximum Gasteiger partial charge on any atom is 0.299 e. The van der Waals surface area contributed by atoms with Crippen LogP contribution in [0, 0.1) is 0 Å². The normalized spacial score (nSPS) is 17.6. The van der Waals surface area contributed by atoms with E-state index in [2.05, 4.69) is 0 Å². The number of para-hydroxylation sites is 1. The number of alkyl halides is 2. The number of hydrogen-bond acceptors (Lipinski definition) is 1. The van der Waals surface area contributed by atoms with E-state index in [0.717, 1.165) is 0 Å². The molecule has 120 valence electrons. The van der Waals surface area contributed by atoms with Gasteiger partial charge in [0.2, 0.25) is 5.60 Å². The number of halogens is 2. The van der Waals surface area contributed by atoms with E-state index < -0.39 is 11.5 Å². The van der Waals surface area contributed by atoms with Crippen molar-refractivity contribution in [1.82, 2.24) is 0 Å². The maximum atomic E-state index is 15.4. The van der Waals surface area contributed by atoms with Crippen LogP contribution >= 0.6 is 0 Å². The van der Waals surface area contributed by atoms with Gasteiger partial charge in [-0.05, 0) is 6.07 Å². The van der Waals surface area contributed by atoms with Crippen molar-refractivity contribution in [1.29, 1.82) is 0 Å². The van der Waals surface area contributed by atoms with Crippen LogP contribution in [0.15, 0.2) is 84.9 Å². The second-order valence-corrected chi connectivity index (χ2v) is 6.00. The average molecular weight is 322 g/mol. The molecular formula is C21H16F2O. The first-order valence-electron chi connectivity index (χ1n) is 7.89. The molecule has 0 fully saturated rings. The standard InChI is InChI=1S/C21H16F2O/c22-20(23)15-16-9-7-8-14-19(16)24-21(20,17-10-3-1-4-11-17)18-12-5-2-6-13-18/h1-14H,15H2. The van der Waals surface area contributed by atoms with Crippen molar-refractivity contribution in [2.24, 2.45) is 0 Å². The summed E-state index contributed by atoms with van der Waals surface area (Å²) in [5.74, 6) is -2.57. The summed E-state index contributed by atoms with van der Waals surface area (Å²) in [6.07, 6.45) is -0.354. The van der Waals surface area contributed by atoms with Crippen LogP contribution in [0.2, 0.25) is 0 Å². The zero-order chi connectivity index (χ0) is 16.6. The van der Waals surface area contributed by atoms with Crippen molar-refractivity contribution in [3.63, 3.8) is 0 Å². The molecule has 1 nitrogen and oxygen atoms in total. The number of benzene rings is 3. The first kappa shape index (κ1) is 14.9. The van der Waals surface area contributed by atoms with Gasteiger partial charge in [-0.1, -0.05) is 78.9 Å². The molecular weight excluding hydrogens is 306 g/mol. The van der Waals surface area contributed by atoms with Gasteiger partial charge in [-0.15, -0.1) is 0 Å². The van der Waals surface area contributed by atoms with Gasteiger partial charge in [0, 0.05) is 23.1 Å². The molecule has 0 bridgehead atoms. The maximum absolute atomic E-state index is 15.4. The van der Waals surface area contributed by atoms with Gasteiger partial charge in [0.25, 0.3) is 5.92 Å². The van der Waals surface area contributed by atoms with E-state index in [1.54, 1.807) is 66.7 Å². The lowest BCUT2D eigenvalue weighted by Crippen LogP contribution is -2.54. The molecule has 0 unspecified atom stereocenters. The third kappa shape index (κ3) is 2.12. The van der Waals surface area contributed by atoms with Crippen molar-refractivity contribution < 1.29 is 13.5 Å². The van der Waals surface area contributed by atoms with Crippen molar-refractivity contribution in [3.05, 3.63) is 102 Å². The Morgan fingerprint density at radius 3 is 1.75 bits per heavy atom. The van der Waals surface area contributed by atoms with Crippen molar-refractivity contribution in [2.45, 2.75) is 17.9 Å². The quantitative estimate of drug-likeness (QED) is 0.630. The van der Waals surface area contributed by atoms with E-state index in [1.165, 1.54) is 0 Å². The van der Waals surface area contributed by atoms with Gasteiger partial charge in [-0.25, -0.2) is 8.78 Å². The molecule has 24 heavy (non-hydrogen) atoms. The first-order valence-corrected chi connectivity index (χ1v) is 7.89. The van der Waals surface area contributed by atoms with Gasteiger partial charge >= 0.3 is 0 Å². The Labute approximate surface area is 139 Å². The molecule has 0 spiro atoms. The third-order valence-corrected chi connectivity index (χ3v) is 4.52. The first-order chi connectivity index (χ1) is 11.6. The lowest BCUT2D eigenvalue weighted by atomic mass is 9.76. The van der Waals surface area contributed by atoms with E-state index in [1.807, 2.05) is 18.2 Å². The molecule has 3 heteroatoms. The van der Waals surface area contributed by atoms with Crippen LogP contribution in [0.5, 0.6) is 5.75 Å². The number of fused-ring (bicyclic) bond motifs is 1. The van der Waals surface area contributed by atoms with Crippen LogP contribution < -0.4 is 4.74 Å². The van der Waals surface area contributed by atoms with E-state index in [0.29, 0.717) is 22.4 Å². The van der Waals surface area contributed by atoms with Crippen LogP contribution in [0.3, 0.4) is 0 Å². The minimum atomic E-state index is -3.08. The van der Waals surface area contributed by atoms with Crippen LogP contribution in [0.25, 0.3) is 0 Å². The van der Waals surface area contributed by atoms with Gasteiger partial charge in [-0.3, -0.25) is 0 Å². The second kappa shape index (κ2) is 5.45. The fourth-order valence-corrected chi connectivity index (χ4v) is 3.41. The van der Waals surface area contributed by atoms with Gasteiger partial charge < -0.3 is 4.74 Å². The monoisotopic (exact) mass is 322 g/mol. The minimum absolute atomic E-state index is 0.354. The van der Waals surface area contributed by atoms with Crippen LogP contribution in [0.1, 0.15) is 16.7 Å². The number of rotatable bonds is 2. The van der Waals surface area contributed by atoms with Crippen LogP contribution in [0.4, 0.5) is 8.78 Å². The predicted molar refractivity (Wildman–Crippen MR) is 89.4 cm³/mol. The third-order valence-electron chi connectivity index (χ3n) is 4.52. The molecule has 0 saturated carbocycles. The zero-order valence-electron chi connectivity index (χ0n) is 13.0. The molecule has 4 rings (SSSR count). The summed E-state index contributed by atoms with van der Waals surface area (Å²) in [7, 11) is 0. The van der Waals surface area contributed by atoms with E-state index >= 15 is 8.78 Å². The van der Waals surface area contributed by atoms with E-state index in [-0.39, 0.29) is 6.42 Å². The molecule has 0 aromatic heterocycles. The van der Waals surface area contributed by atoms with Crippen LogP contribution in [-0.4, -0.2) is 5.92 Å². The summed E-state index contributed by atoms with van der Waals surface area (Å²) in [5.41, 5.74) is -0.388. The number of hydrogen-bond donors (Lipinski definition) is 0. The lowest BCUT2D eigenvalue weighted by molar-refractivity contribution is -0.160. The van der Waals surface area contributed by atoms with Crippen molar-refractivity contribution >= 4 is 0 Å². The summed E-state index contributed by atoms with van der Waals surface area (Å²) >= 11 is 0. The highest BCUT2D eigenvalue weighted by molar-refractivity contribution is 5.47. The van der Waals surface area contributed by atoms with Gasteiger partial charge in [-0.2, -0.15) is 0 Å². The van der Waals surface area contributed by atoms with Crippen LogP contribution in [-0.2, 0) is 12.0 Å². The largest absolute Gasteiger partial charge is 0.471 e. The van der Waals surface area contributed by atoms with Gasteiger partial charge in [0.05, 0.1) is 0 Å². The molecule has 1 aliphatic heterocycles. The smallest absolute Gasteiger partial charge is 0.299 e. The van der Waals surface area contributed by atoms with E-state index in [4.69, 9.17) is 4.74 Å². The molecule has 0 N–H and O–H groups in total. The molecule has 1 aliphatic rings. The SMILES string of the molecule is FC1(F)Cc2ccccc2OC1(c1ccccc1)c1ccccc1. The van der Waals surface area contributed by atoms with E-state index in [9.17, 15) is 0 Å². The molecule has 3 aromatic carbocycles. The molecule has 0 radical (unpaired) electrons. The summed E-state index contributed by atoms with van der Waals surface area (Å²) in [5, 5.41) is 0. The Bertz CT molecular complexity index is 804. The number of ether oxygens (including phenoxy) is 1. The predicted octanol–water partition coefficient (Wildman–Crippen LogP) is 5.20. The van der Waals surface area contributed by atoms with Gasteiger partial charge in [0.1, 0.15) is 5.75 Å². The second-order valence-electron chi connectivity index (χ2n) is 6.00. The summed E-state index contributed by atoms with van der Waals surface area (Å²) in [4.78, 5) is 0. The molecule has 0 aliphatic carbocycles. The zero-order valence-corrected chi connectivity index (χ0v) is 13.0. The highest BCUT2D eigenvalue weighted by Crippen LogP contribution is 2.52. The Balaban J connectivity index is 2.00. The highest BCUT2D eigenvalue weighted by atomic mass is 19.3. The molecule has 0 atom stereocenters. The summed E-state index contributed by atoms with van der Waals surface area (Å²) < 4.78 is 37.0. The summed E-state index contributed by atoms with van der Waals surface area (Å²) in [6.45, 7) is 0. The molecule has 0 saturated heterocycles. The Morgan fingerprint density at radius 1 is 0.667 bits per heavy atom. The topological polar surface area (TPSA) is 9.23 Å². The summed E-state index contributed by atoms with van der Waals surface area (Å²) in [6, 6.07) is 24.5. The average Bonchev–Trinajstić information content (AvgIpc) is 2.62. The lowest BCUT2D eigenvalue weighted by Gasteiger charge is -2.45. The minimum Gasteiger partial charge on any atom is -0.471 e. The molecule has 3 aromatic rings. The molecule has 1 heterocycles. The fraction of sp³-hybridized carbons (Fsp3) is 0.143. The molecule has 0 amide bonds. The Kier molecular flexibility index (Phi) is 3.38. The van der Waals surface area contributed by atoms with Crippen molar-refractivity contribution in [2.75, 3.05) is 0 Å². The van der Waals surface area contributed by atoms with Gasteiger partial charge in [0.15, 0.2) is 0 Å². The Morgan fingerprint density at radius 2 is 1.17 bits per heavy atom. The fourth-order valence-electron chi connectivity index (χ4n) is 3.41. The van der Waals surface area contributed by atoms with Crippen molar-refractivity contribution in [3.8, 4) is 5.75 Å². The highest BCUT2D eigenvalue weighted by Gasteiger charge is 2.60. The Hall–Kier alpha value is -2.68.